The largest absolute Gasteiger partial charge is 0.371 e. The Hall–Kier alpha value is -2.34. The first-order chi connectivity index (χ1) is 13.6. The quantitative estimate of drug-likeness (QED) is 0.808. The second-order valence-corrected chi connectivity index (χ2v) is 8.62. The van der Waals surface area contributed by atoms with Crippen molar-refractivity contribution in [2.75, 3.05) is 26.2 Å². The van der Waals surface area contributed by atoms with Gasteiger partial charge in [-0.2, -0.15) is 0 Å². The minimum Gasteiger partial charge on any atom is -0.371 e. The van der Waals surface area contributed by atoms with Crippen LogP contribution >= 0.6 is 0 Å². The molecule has 1 aromatic carbocycles. The summed E-state index contributed by atoms with van der Waals surface area (Å²) in [6.07, 6.45) is 5.01. The maximum absolute atomic E-state index is 12.8. The summed E-state index contributed by atoms with van der Waals surface area (Å²) in [6, 6.07) is 9.85. The van der Waals surface area contributed by atoms with Crippen molar-refractivity contribution in [1.82, 2.24) is 15.2 Å². The molecule has 2 aliphatic heterocycles. The minimum atomic E-state index is -0.219. The van der Waals surface area contributed by atoms with Gasteiger partial charge in [0, 0.05) is 30.5 Å². The van der Waals surface area contributed by atoms with Crippen molar-refractivity contribution in [3.05, 3.63) is 36.0 Å². The number of aromatic amines is 1. The number of aromatic nitrogens is 1. The van der Waals surface area contributed by atoms with Crippen molar-refractivity contribution >= 4 is 22.7 Å². The third kappa shape index (κ3) is 3.30. The molecule has 2 N–H and O–H groups in total. The van der Waals surface area contributed by atoms with Gasteiger partial charge in [-0.3, -0.25) is 9.59 Å². The van der Waals surface area contributed by atoms with Gasteiger partial charge < -0.3 is 19.9 Å². The van der Waals surface area contributed by atoms with E-state index in [1.54, 1.807) is 0 Å². The average Bonchev–Trinajstić information content (AvgIpc) is 3.20. The standard InChI is InChI=1S/C22H27N3O3/c26-20(11-15-5-6-15)23-9-7-17-8-10-28-22(17)13-25(14-22)21(27)19-12-16-3-1-2-4-18(16)24-19/h1-4,12,15,17,24H,5-11,13-14H2,(H,23,26). The van der Waals surface area contributed by atoms with Gasteiger partial charge in [-0.1, -0.05) is 18.2 Å². The van der Waals surface area contributed by atoms with E-state index in [0.29, 0.717) is 43.6 Å². The molecule has 1 spiro atoms. The number of benzene rings is 1. The molecule has 1 unspecified atom stereocenters. The first-order valence-corrected chi connectivity index (χ1v) is 10.4. The highest BCUT2D eigenvalue weighted by Crippen LogP contribution is 2.42. The number of nitrogens with one attached hydrogen (secondary N) is 2. The van der Waals surface area contributed by atoms with Crippen LogP contribution in [0.5, 0.6) is 0 Å². The molecule has 3 heterocycles. The van der Waals surface area contributed by atoms with E-state index >= 15 is 0 Å². The van der Waals surface area contributed by atoms with E-state index < -0.39 is 0 Å². The van der Waals surface area contributed by atoms with Gasteiger partial charge >= 0.3 is 0 Å². The summed E-state index contributed by atoms with van der Waals surface area (Å²) in [6.45, 7) is 2.73. The van der Waals surface area contributed by atoms with Crippen molar-refractivity contribution in [3.8, 4) is 0 Å². The Morgan fingerprint density at radius 3 is 2.82 bits per heavy atom. The summed E-state index contributed by atoms with van der Waals surface area (Å²) >= 11 is 0. The van der Waals surface area contributed by atoms with Crippen LogP contribution in [0.4, 0.5) is 0 Å². The smallest absolute Gasteiger partial charge is 0.270 e. The molecule has 5 rings (SSSR count). The van der Waals surface area contributed by atoms with Crippen LogP contribution in [0.1, 0.15) is 42.6 Å². The third-order valence-electron chi connectivity index (χ3n) is 6.55. The van der Waals surface area contributed by atoms with E-state index in [4.69, 9.17) is 4.74 Å². The second-order valence-electron chi connectivity index (χ2n) is 8.62. The van der Waals surface area contributed by atoms with Crippen molar-refractivity contribution in [1.29, 1.82) is 0 Å². The summed E-state index contributed by atoms with van der Waals surface area (Å²) in [5.74, 6) is 1.24. The molecule has 1 saturated carbocycles. The Labute approximate surface area is 164 Å². The SMILES string of the molecule is O=C(CC1CC1)NCCC1CCOC12CN(C(=O)c1cc3ccccc3[nH]1)C2. The summed E-state index contributed by atoms with van der Waals surface area (Å²) in [5.41, 5.74) is 1.40. The summed E-state index contributed by atoms with van der Waals surface area (Å²) in [7, 11) is 0. The van der Waals surface area contributed by atoms with E-state index in [0.717, 1.165) is 30.4 Å². The predicted molar refractivity (Wildman–Crippen MR) is 106 cm³/mol. The maximum atomic E-state index is 12.8. The van der Waals surface area contributed by atoms with Crippen LogP contribution in [0.2, 0.25) is 0 Å². The zero-order chi connectivity index (χ0) is 19.1. The molecule has 2 aromatic rings. The summed E-state index contributed by atoms with van der Waals surface area (Å²) in [5, 5.41) is 4.12. The van der Waals surface area contributed by atoms with Crippen molar-refractivity contribution in [2.24, 2.45) is 11.8 Å². The summed E-state index contributed by atoms with van der Waals surface area (Å²) < 4.78 is 6.08. The Morgan fingerprint density at radius 2 is 2.04 bits per heavy atom. The molecule has 1 aliphatic carbocycles. The highest BCUT2D eigenvalue weighted by Gasteiger charge is 2.54. The number of rotatable bonds is 6. The lowest BCUT2D eigenvalue weighted by Crippen LogP contribution is -2.66. The number of hydrogen-bond acceptors (Lipinski definition) is 3. The fourth-order valence-corrected chi connectivity index (χ4v) is 4.69. The number of nitrogens with zero attached hydrogens (tertiary/aromatic N) is 1. The number of likely N-dealkylation sites (tertiary alicyclic amines) is 1. The molecule has 3 aliphatic rings. The molecule has 148 valence electrons. The lowest BCUT2D eigenvalue weighted by molar-refractivity contribution is -0.123. The van der Waals surface area contributed by atoms with Gasteiger partial charge in [0.1, 0.15) is 11.3 Å². The van der Waals surface area contributed by atoms with E-state index in [9.17, 15) is 9.59 Å². The predicted octanol–water partition coefficient (Wildman–Crippen LogP) is 2.71. The van der Waals surface area contributed by atoms with Gasteiger partial charge in [-0.15, -0.1) is 0 Å². The molecule has 0 bridgehead atoms. The normalized spacial score (nSPS) is 23.1. The first kappa shape index (κ1) is 17.7. The van der Waals surface area contributed by atoms with Gasteiger partial charge in [-0.05, 0) is 49.7 Å². The molecule has 2 saturated heterocycles. The van der Waals surface area contributed by atoms with Crippen molar-refractivity contribution < 1.29 is 14.3 Å². The second kappa shape index (κ2) is 6.92. The van der Waals surface area contributed by atoms with Crippen LogP contribution < -0.4 is 5.32 Å². The molecular formula is C22H27N3O3. The average molecular weight is 381 g/mol. The molecule has 1 atom stereocenters. The molecule has 0 radical (unpaired) electrons. The fourth-order valence-electron chi connectivity index (χ4n) is 4.69. The number of carbonyl (C=O) groups excluding carboxylic acids is 2. The Balaban J connectivity index is 1.15. The Bertz CT molecular complexity index is 862. The van der Waals surface area contributed by atoms with E-state index in [-0.39, 0.29) is 17.4 Å². The lowest BCUT2D eigenvalue weighted by Gasteiger charge is -2.50. The van der Waals surface area contributed by atoms with Gasteiger partial charge in [0.25, 0.3) is 5.91 Å². The number of ether oxygens (including phenoxy) is 1. The van der Waals surface area contributed by atoms with Gasteiger partial charge in [0.15, 0.2) is 0 Å². The zero-order valence-corrected chi connectivity index (χ0v) is 16.1. The minimum absolute atomic E-state index is 0.0359. The third-order valence-corrected chi connectivity index (χ3v) is 6.55. The van der Waals surface area contributed by atoms with Crippen molar-refractivity contribution in [2.45, 2.75) is 37.7 Å². The molecule has 3 fully saturated rings. The lowest BCUT2D eigenvalue weighted by atomic mass is 9.78. The molecule has 1 aromatic heterocycles. The number of para-hydroxylation sites is 1. The number of fused-ring (bicyclic) bond motifs is 1. The van der Waals surface area contributed by atoms with E-state index in [2.05, 4.69) is 10.3 Å². The maximum Gasteiger partial charge on any atom is 0.270 e. The van der Waals surface area contributed by atoms with Crippen LogP contribution in [-0.4, -0.2) is 53.5 Å². The molecule has 2 amide bonds. The van der Waals surface area contributed by atoms with Crippen molar-refractivity contribution in [3.63, 3.8) is 0 Å². The highest BCUT2D eigenvalue weighted by atomic mass is 16.5. The van der Waals surface area contributed by atoms with Crippen LogP contribution in [0.15, 0.2) is 30.3 Å². The van der Waals surface area contributed by atoms with Crippen LogP contribution in [0.25, 0.3) is 10.9 Å². The summed E-state index contributed by atoms with van der Waals surface area (Å²) in [4.78, 5) is 29.8. The van der Waals surface area contributed by atoms with E-state index in [1.165, 1.54) is 12.8 Å². The molecule has 6 nitrogen and oxygen atoms in total. The van der Waals surface area contributed by atoms with Gasteiger partial charge in [0.2, 0.25) is 5.91 Å². The zero-order valence-electron chi connectivity index (χ0n) is 16.1. The van der Waals surface area contributed by atoms with Crippen LogP contribution in [0.3, 0.4) is 0 Å². The molecular weight excluding hydrogens is 354 g/mol. The van der Waals surface area contributed by atoms with E-state index in [1.807, 2.05) is 35.2 Å². The topological polar surface area (TPSA) is 74.4 Å². The highest BCUT2D eigenvalue weighted by molar-refractivity contribution is 5.98. The van der Waals surface area contributed by atoms with Gasteiger partial charge in [0.05, 0.1) is 13.1 Å². The fraction of sp³-hybridized carbons (Fsp3) is 0.545. The first-order valence-electron chi connectivity index (χ1n) is 10.4. The Kier molecular flexibility index (Phi) is 4.38. The molecule has 28 heavy (non-hydrogen) atoms. The van der Waals surface area contributed by atoms with Gasteiger partial charge in [-0.25, -0.2) is 0 Å². The number of H-pyrrole nitrogens is 1. The number of hydrogen-bond donors (Lipinski definition) is 2. The number of carbonyl (C=O) groups is 2. The molecule has 6 heteroatoms. The monoisotopic (exact) mass is 381 g/mol. The number of amides is 2. The van der Waals surface area contributed by atoms with Crippen LogP contribution in [0, 0.1) is 11.8 Å². The Morgan fingerprint density at radius 1 is 1.21 bits per heavy atom. The van der Waals surface area contributed by atoms with Crippen LogP contribution in [-0.2, 0) is 9.53 Å².